The Balaban J connectivity index is 1.94. The van der Waals surface area contributed by atoms with Crippen LogP contribution >= 0.6 is 11.3 Å². The Morgan fingerprint density at radius 3 is 2.48 bits per heavy atom. The Bertz CT molecular complexity index is 442. The molecule has 0 bridgehead atoms. The van der Waals surface area contributed by atoms with Crippen molar-refractivity contribution in [2.75, 3.05) is 19.6 Å². The number of hydrogen-bond donors (Lipinski definition) is 1. The maximum Gasteiger partial charge on any atom is 0.0518 e. The highest BCUT2D eigenvalue weighted by Gasteiger charge is 2.46. The molecule has 2 nitrogen and oxygen atoms in total. The van der Waals surface area contributed by atoms with E-state index >= 15 is 0 Å². The number of nitrogens with one attached hydrogen (secondary N) is 1. The van der Waals surface area contributed by atoms with Crippen molar-refractivity contribution in [3.63, 3.8) is 0 Å². The fraction of sp³-hybridized carbons (Fsp3) is 0.778. The summed E-state index contributed by atoms with van der Waals surface area (Å²) in [7, 11) is 0. The van der Waals surface area contributed by atoms with Crippen molar-refractivity contribution >= 4 is 11.3 Å². The van der Waals surface area contributed by atoms with Crippen LogP contribution in [0, 0.1) is 6.92 Å². The van der Waals surface area contributed by atoms with Gasteiger partial charge in [0.05, 0.1) is 6.04 Å². The number of likely N-dealkylation sites (tertiary alicyclic amines) is 1. The summed E-state index contributed by atoms with van der Waals surface area (Å²) in [4.78, 5) is 4.36. The van der Waals surface area contributed by atoms with Gasteiger partial charge >= 0.3 is 0 Å². The molecule has 1 unspecified atom stereocenters. The van der Waals surface area contributed by atoms with E-state index in [1.54, 1.807) is 5.56 Å². The molecule has 3 rings (SSSR count). The maximum absolute atomic E-state index is 3.87. The van der Waals surface area contributed by atoms with Crippen LogP contribution in [0.15, 0.2) is 11.4 Å². The normalized spacial score (nSPS) is 24.3. The monoisotopic (exact) mass is 306 g/mol. The molecule has 0 radical (unpaired) electrons. The molecule has 1 saturated carbocycles. The molecule has 2 fully saturated rings. The molecule has 1 aliphatic heterocycles. The number of piperidine rings is 1. The summed E-state index contributed by atoms with van der Waals surface area (Å²) in [6.07, 6.45) is 9.77. The summed E-state index contributed by atoms with van der Waals surface area (Å²) in [5, 5.41) is 6.14. The van der Waals surface area contributed by atoms with Crippen LogP contribution in [0.3, 0.4) is 0 Å². The zero-order valence-electron chi connectivity index (χ0n) is 13.7. The lowest BCUT2D eigenvalue weighted by Crippen LogP contribution is -2.56. The van der Waals surface area contributed by atoms with Gasteiger partial charge in [-0.05, 0) is 69.3 Å². The van der Waals surface area contributed by atoms with Crippen LogP contribution < -0.4 is 5.32 Å². The Labute approximate surface area is 133 Å². The molecular weight excluding hydrogens is 276 g/mol. The molecular formula is C18H30N2S. The van der Waals surface area contributed by atoms with E-state index in [-0.39, 0.29) is 0 Å². The molecule has 21 heavy (non-hydrogen) atoms. The van der Waals surface area contributed by atoms with Crippen LogP contribution in [0.25, 0.3) is 0 Å². The zero-order chi connectivity index (χ0) is 14.7. The number of nitrogens with zero attached hydrogens (tertiary/aromatic N) is 1. The van der Waals surface area contributed by atoms with Gasteiger partial charge in [0.2, 0.25) is 0 Å². The summed E-state index contributed by atoms with van der Waals surface area (Å²) in [5.74, 6) is 0. The average Bonchev–Trinajstić information content (AvgIpc) is 3.16. The fourth-order valence-corrected chi connectivity index (χ4v) is 5.34. The summed E-state index contributed by atoms with van der Waals surface area (Å²) >= 11 is 1.90. The van der Waals surface area contributed by atoms with Crippen molar-refractivity contribution in [3.8, 4) is 0 Å². The molecule has 1 aromatic heterocycles. The second kappa shape index (κ2) is 6.80. The number of likely N-dealkylation sites (N-methyl/N-ethyl adjacent to an activating group) is 1. The minimum Gasteiger partial charge on any atom is -0.309 e. The van der Waals surface area contributed by atoms with Crippen LogP contribution in [0.4, 0.5) is 0 Å². The van der Waals surface area contributed by atoms with Gasteiger partial charge in [0.15, 0.2) is 0 Å². The Kier molecular flexibility index (Phi) is 5.03. The van der Waals surface area contributed by atoms with Gasteiger partial charge in [0, 0.05) is 10.4 Å². The van der Waals surface area contributed by atoms with Crippen molar-refractivity contribution in [1.82, 2.24) is 10.2 Å². The third kappa shape index (κ3) is 2.93. The Morgan fingerprint density at radius 2 is 1.90 bits per heavy atom. The molecule has 1 aromatic rings. The molecule has 0 aromatic carbocycles. The van der Waals surface area contributed by atoms with Crippen molar-refractivity contribution in [1.29, 1.82) is 0 Å². The molecule has 0 spiro atoms. The van der Waals surface area contributed by atoms with Crippen LogP contribution in [-0.4, -0.2) is 30.1 Å². The summed E-state index contributed by atoms with van der Waals surface area (Å²) in [6.45, 7) is 8.24. The van der Waals surface area contributed by atoms with Crippen molar-refractivity contribution in [3.05, 3.63) is 21.9 Å². The van der Waals surface area contributed by atoms with E-state index in [0.29, 0.717) is 11.6 Å². The maximum atomic E-state index is 3.87. The number of rotatable bonds is 5. The van der Waals surface area contributed by atoms with Crippen molar-refractivity contribution in [2.24, 2.45) is 0 Å². The van der Waals surface area contributed by atoms with Gasteiger partial charge < -0.3 is 5.32 Å². The zero-order valence-corrected chi connectivity index (χ0v) is 14.5. The third-order valence-electron chi connectivity index (χ3n) is 5.61. The van der Waals surface area contributed by atoms with Crippen LogP contribution in [0.5, 0.6) is 0 Å². The summed E-state index contributed by atoms with van der Waals surface area (Å²) in [5.41, 5.74) is 1.94. The van der Waals surface area contributed by atoms with Gasteiger partial charge in [0.1, 0.15) is 0 Å². The largest absolute Gasteiger partial charge is 0.309 e. The molecule has 3 heteroatoms. The highest BCUT2D eigenvalue weighted by molar-refractivity contribution is 7.10. The van der Waals surface area contributed by atoms with Gasteiger partial charge in [0.25, 0.3) is 0 Å². The van der Waals surface area contributed by atoms with E-state index in [0.717, 1.165) is 6.54 Å². The van der Waals surface area contributed by atoms with Gasteiger partial charge in [-0.25, -0.2) is 0 Å². The lowest BCUT2D eigenvalue weighted by atomic mass is 9.80. The molecule has 1 saturated heterocycles. The summed E-state index contributed by atoms with van der Waals surface area (Å²) < 4.78 is 0. The van der Waals surface area contributed by atoms with E-state index in [1.165, 1.54) is 62.9 Å². The summed E-state index contributed by atoms with van der Waals surface area (Å²) in [6, 6.07) is 2.89. The van der Waals surface area contributed by atoms with Crippen LogP contribution in [-0.2, 0) is 0 Å². The van der Waals surface area contributed by atoms with Gasteiger partial charge in [-0.2, -0.15) is 0 Å². The molecule has 118 valence electrons. The van der Waals surface area contributed by atoms with E-state index in [1.807, 2.05) is 11.3 Å². The van der Waals surface area contributed by atoms with E-state index < -0.39 is 0 Å². The fourth-order valence-electron chi connectivity index (χ4n) is 4.60. The average molecular weight is 307 g/mol. The molecule has 2 aliphatic rings. The SMILES string of the molecule is CCNC(c1ccsc1C)C1(N2CCCCC2)CCCC1. The van der Waals surface area contributed by atoms with Crippen molar-refractivity contribution in [2.45, 2.75) is 70.4 Å². The Morgan fingerprint density at radius 1 is 1.19 bits per heavy atom. The second-order valence-electron chi connectivity index (χ2n) is 6.78. The lowest BCUT2D eigenvalue weighted by Gasteiger charge is -2.49. The molecule has 0 amide bonds. The van der Waals surface area contributed by atoms with E-state index in [9.17, 15) is 0 Å². The van der Waals surface area contributed by atoms with Gasteiger partial charge in [-0.15, -0.1) is 11.3 Å². The molecule has 1 atom stereocenters. The number of thiophene rings is 1. The van der Waals surface area contributed by atoms with Gasteiger partial charge in [-0.1, -0.05) is 26.2 Å². The smallest absolute Gasteiger partial charge is 0.0518 e. The molecule has 2 heterocycles. The minimum atomic E-state index is 0.377. The topological polar surface area (TPSA) is 15.3 Å². The minimum absolute atomic E-state index is 0.377. The quantitative estimate of drug-likeness (QED) is 0.861. The van der Waals surface area contributed by atoms with E-state index in [4.69, 9.17) is 0 Å². The first kappa shape index (κ1) is 15.5. The first-order valence-corrected chi connectivity index (χ1v) is 9.68. The third-order valence-corrected chi connectivity index (χ3v) is 6.47. The highest BCUT2D eigenvalue weighted by atomic mass is 32.1. The number of hydrogen-bond acceptors (Lipinski definition) is 3. The van der Waals surface area contributed by atoms with E-state index in [2.05, 4.69) is 35.5 Å². The first-order valence-electron chi connectivity index (χ1n) is 8.80. The Hall–Kier alpha value is -0.380. The van der Waals surface area contributed by atoms with Crippen molar-refractivity contribution < 1.29 is 0 Å². The predicted octanol–water partition coefficient (Wildman–Crippen LogP) is 4.51. The standard InChI is InChI=1S/C18H30N2S/c1-3-19-17(16-9-14-21-15(16)2)18(10-5-6-11-18)20-12-7-4-8-13-20/h9,14,17,19H,3-8,10-13H2,1-2H3. The predicted molar refractivity (Wildman–Crippen MR) is 92.1 cm³/mol. The van der Waals surface area contributed by atoms with Gasteiger partial charge in [-0.3, -0.25) is 4.90 Å². The van der Waals surface area contributed by atoms with Crippen LogP contribution in [0.1, 0.15) is 68.4 Å². The number of aryl methyl sites for hydroxylation is 1. The first-order chi connectivity index (χ1) is 10.3. The second-order valence-corrected chi connectivity index (χ2v) is 7.90. The van der Waals surface area contributed by atoms with Crippen LogP contribution in [0.2, 0.25) is 0 Å². The molecule has 1 N–H and O–H groups in total. The highest BCUT2D eigenvalue weighted by Crippen LogP contribution is 2.46. The lowest BCUT2D eigenvalue weighted by molar-refractivity contribution is 0.0365. The molecule has 1 aliphatic carbocycles.